The number of hydrogen-bond donors (Lipinski definition) is 2. The van der Waals surface area contributed by atoms with E-state index in [1.165, 1.54) is 0 Å². The number of rotatable bonds is 6. The van der Waals surface area contributed by atoms with Gasteiger partial charge >= 0.3 is 0 Å². The van der Waals surface area contributed by atoms with Crippen LogP contribution >= 0.6 is 0 Å². The molecule has 0 bridgehead atoms. The molecule has 6 nitrogen and oxygen atoms in total. The zero-order valence-electron chi connectivity index (χ0n) is 9.16. The molecule has 0 aliphatic rings. The number of aromatic nitrogens is 3. The molecule has 0 aliphatic carbocycles. The smallest absolute Gasteiger partial charge is 0.233 e. The Bertz CT molecular complexity index is 309. The minimum absolute atomic E-state index is 0.0130. The summed E-state index contributed by atoms with van der Waals surface area (Å²) < 4.78 is 1.84. The molecular formula is C9H17N5O. The first-order chi connectivity index (χ1) is 7.24. The van der Waals surface area contributed by atoms with Gasteiger partial charge in [-0.05, 0) is 6.54 Å². The monoisotopic (exact) mass is 211 g/mol. The third-order valence-corrected chi connectivity index (χ3v) is 2.01. The highest BCUT2D eigenvalue weighted by molar-refractivity contribution is 5.77. The molecule has 1 aromatic rings. The Hall–Kier alpha value is -1.43. The van der Waals surface area contributed by atoms with Crippen molar-refractivity contribution in [2.75, 3.05) is 19.6 Å². The zero-order valence-corrected chi connectivity index (χ0v) is 9.16. The van der Waals surface area contributed by atoms with E-state index in [0.29, 0.717) is 19.5 Å². The van der Waals surface area contributed by atoms with Gasteiger partial charge in [0.05, 0.1) is 6.54 Å². The second kappa shape index (κ2) is 6.13. The van der Waals surface area contributed by atoms with Crippen molar-refractivity contribution in [1.82, 2.24) is 25.4 Å². The molecule has 1 heterocycles. The van der Waals surface area contributed by atoms with Gasteiger partial charge in [-0.15, -0.1) is 10.2 Å². The molecule has 2 N–H and O–H groups in total. The van der Waals surface area contributed by atoms with Crippen LogP contribution < -0.4 is 10.6 Å². The lowest BCUT2D eigenvalue weighted by Crippen LogP contribution is -2.35. The fourth-order valence-electron chi connectivity index (χ4n) is 1.15. The Morgan fingerprint density at radius 2 is 2.40 bits per heavy atom. The van der Waals surface area contributed by atoms with Gasteiger partial charge in [0.25, 0.3) is 0 Å². The Morgan fingerprint density at radius 1 is 1.60 bits per heavy atom. The van der Waals surface area contributed by atoms with Gasteiger partial charge in [0.1, 0.15) is 12.2 Å². The maximum atomic E-state index is 11.2. The largest absolute Gasteiger partial charge is 0.355 e. The molecule has 0 spiro atoms. The Balaban J connectivity index is 2.16. The molecule has 0 aliphatic heterocycles. The molecule has 6 heteroatoms. The first-order valence-corrected chi connectivity index (χ1v) is 5.04. The van der Waals surface area contributed by atoms with Crippen LogP contribution in [0, 0.1) is 0 Å². The summed E-state index contributed by atoms with van der Waals surface area (Å²) in [6.45, 7) is 3.73. The second-order valence-electron chi connectivity index (χ2n) is 3.24. The molecule has 0 saturated heterocycles. The maximum absolute atomic E-state index is 11.2. The summed E-state index contributed by atoms with van der Waals surface area (Å²) in [5.41, 5.74) is 0. The number of aryl methyl sites for hydroxylation is 1. The highest BCUT2D eigenvalue weighted by atomic mass is 16.1. The molecule has 1 amide bonds. The van der Waals surface area contributed by atoms with Crippen molar-refractivity contribution in [3.05, 3.63) is 12.2 Å². The van der Waals surface area contributed by atoms with Crippen LogP contribution in [0.3, 0.4) is 0 Å². The van der Waals surface area contributed by atoms with Gasteiger partial charge in [-0.2, -0.15) is 0 Å². The topological polar surface area (TPSA) is 71.8 Å². The number of amides is 1. The average Bonchev–Trinajstić information content (AvgIpc) is 2.61. The summed E-state index contributed by atoms with van der Waals surface area (Å²) in [7, 11) is 1.88. The van der Waals surface area contributed by atoms with Gasteiger partial charge in [-0.25, -0.2) is 0 Å². The van der Waals surface area contributed by atoms with Gasteiger partial charge in [0, 0.05) is 20.0 Å². The number of nitrogens with zero attached hydrogens (tertiary/aromatic N) is 3. The van der Waals surface area contributed by atoms with Crippen LogP contribution in [0.15, 0.2) is 6.33 Å². The lowest BCUT2D eigenvalue weighted by atomic mass is 10.4. The van der Waals surface area contributed by atoms with E-state index in [1.54, 1.807) is 6.33 Å². The van der Waals surface area contributed by atoms with Gasteiger partial charge in [0.2, 0.25) is 5.91 Å². The summed E-state index contributed by atoms with van der Waals surface area (Å²) in [4.78, 5) is 11.2. The van der Waals surface area contributed by atoms with Crippen molar-refractivity contribution in [3.63, 3.8) is 0 Å². The maximum Gasteiger partial charge on any atom is 0.233 e. The molecule has 84 valence electrons. The lowest BCUT2D eigenvalue weighted by molar-refractivity contribution is -0.120. The second-order valence-corrected chi connectivity index (χ2v) is 3.24. The minimum Gasteiger partial charge on any atom is -0.355 e. The predicted octanol–water partition coefficient (Wildman–Crippen LogP) is -0.917. The molecule has 1 rings (SSSR count). The molecular weight excluding hydrogens is 194 g/mol. The Morgan fingerprint density at radius 3 is 3.00 bits per heavy atom. The van der Waals surface area contributed by atoms with Crippen molar-refractivity contribution < 1.29 is 4.79 Å². The van der Waals surface area contributed by atoms with Gasteiger partial charge in [0.15, 0.2) is 0 Å². The van der Waals surface area contributed by atoms with Crippen LogP contribution in [-0.2, 0) is 18.3 Å². The molecule has 0 aromatic carbocycles. The van der Waals surface area contributed by atoms with Gasteiger partial charge in [-0.3, -0.25) is 4.79 Å². The summed E-state index contributed by atoms with van der Waals surface area (Å²) >= 11 is 0. The molecule has 0 radical (unpaired) electrons. The van der Waals surface area contributed by atoms with Crippen LogP contribution in [0.1, 0.15) is 12.7 Å². The van der Waals surface area contributed by atoms with E-state index in [0.717, 1.165) is 12.4 Å². The summed E-state index contributed by atoms with van der Waals surface area (Å²) in [6.07, 6.45) is 2.35. The highest BCUT2D eigenvalue weighted by Gasteiger charge is 2.02. The van der Waals surface area contributed by atoms with Gasteiger partial charge in [-0.1, -0.05) is 6.92 Å². The Kier molecular flexibility index (Phi) is 4.76. The molecule has 0 atom stereocenters. The SMILES string of the molecule is CCNCC(=O)NCCc1nncn1C. The van der Waals surface area contributed by atoms with E-state index in [4.69, 9.17) is 0 Å². The number of nitrogens with one attached hydrogen (secondary N) is 2. The van der Waals surface area contributed by atoms with E-state index in [1.807, 2.05) is 18.5 Å². The molecule has 1 aromatic heterocycles. The van der Waals surface area contributed by atoms with Crippen LogP contribution in [0.4, 0.5) is 0 Å². The number of carbonyl (C=O) groups is 1. The third-order valence-electron chi connectivity index (χ3n) is 2.01. The van der Waals surface area contributed by atoms with E-state index in [2.05, 4.69) is 20.8 Å². The zero-order chi connectivity index (χ0) is 11.1. The Labute approximate surface area is 89.1 Å². The summed E-state index contributed by atoms with van der Waals surface area (Å²) in [5, 5.41) is 13.4. The van der Waals surface area contributed by atoms with Crippen LogP contribution in [0.25, 0.3) is 0 Å². The summed E-state index contributed by atoms with van der Waals surface area (Å²) in [6, 6.07) is 0. The van der Waals surface area contributed by atoms with E-state index >= 15 is 0 Å². The van der Waals surface area contributed by atoms with Crippen LogP contribution in [-0.4, -0.2) is 40.3 Å². The quantitative estimate of drug-likeness (QED) is 0.638. The minimum atomic E-state index is 0.0130. The molecule has 0 unspecified atom stereocenters. The average molecular weight is 211 g/mol. The first-order valence-electron chi connectivity index (χ1n) is 5.04. The standard InChI is InChI=1S/C9H17N5O/c1-3-10-6-9(15)11-5-4-8-13-12-7-14(8)2/h7,10H,3-6H2,1-2H3,(H,11,15). The van der Waals surface area contributed by atoms with Crippen LogP contribution in [0.5, 0.6) is 0 Å². The fraction of sp³-hybridized carbons (Fsp3) is 0.667. The normalized spacial score (nSPS) is 10.3. The lowest BCUT2D eigenvalue weighted by Gasteiger charge is -2.04. The van der Waals surface area contributed by atoms with Crippen molar-refractivity contribution in [2.24, 2.45) is 7.05 Å². The van der Waals surface area contributed by atoms with Crippen molar-refractivity contribution in [3.8, 4) is 0 Å². The predicted molar refractivity (Wildman–Crippen MR) is 56.3 cm³/mol. The van der Waals surface area contributed by atoms with Gasteiger partial charge < -0.3 is 15.2 Å². The third kappa shape index (κ3) is 4.07. The summed E-state index contributed by atoms with van der Waals surface area (Å²) in [5.74, 6) is 0.887. The number of hydrogen-bond acceptors (Lipinski definition) is 4. The highest BCUT2D eigenvalue weighted by Crippen LogP contribution is 1.90. The van der Waals surface area contributed by atoms with Crippen molar-refractivity contribution >= 4 is 5.91 Å². The van der Waals surface area contributed by atoms with E-state index < -0.39 is 0 Å². The molecule has 15 heavy (non-hydrogen) atoms. The molecule has 0 saturated carbocycles. The van der Waals surface area contributed by atoms with Crippen molar-refractivity contribution in [1.29, 1.82) is 0 Å². The molecule has 0 fully saturated rings. The van der Waals surface area contributed by atoms with Crippen molar-refractivity contribution in [2.45, 2.75) is 13.3 Å². The fourth-order valence-corrected chi connectivity index (χ4v) is 1.15. The first kappa shape index (κ1) is 11.6. The number of carbonyl (C=O) groups excluding carboxylic acids is 1. The van der Waals surface area contributed by atoms with E-state index in [9.17, 15) is 4.79 Å². The van der Waals surface area contributed by atoms with E-state index in [-0.39, 0.29) is 5.91 Å². The van der Waals surface area contributed by atoms with Crippen LogP contribution in [0.2, 0.25) is 0 Å². The number of likely N-dealkylation sites (N-methyl/N-ethyl adjacent to an activating group) is 1.